The fourth-order valence-corrected chi connectivity index (χ4v) is 2.47. The van der Waals surface area contributed by atoms with Crippen molar-refractivity contribution in [2.24, 2.45) is 0 Å². The molecule has 108 valence electrons. The third-order valence-corrected chi connectivity index (χ3v) is 3.55. The number of hydrogen-bond donors (Lipinski definition) is 0. The minimum Gasteiger partial charge on any atom is -0.302 e. The van der Waals surface area contributed by atoms with Crippen molar-refractivity contribution in [3.05, 3.63) is 29.3 Å². The maximum Gasteiger partial charge on any atom is 0.299 e. The highest BCUT2D eigenvalue weighted by atomic mass is 35.5. The van der Waals surface area contributed by atoms with E-state index in [1.54, 1.807) is 0 Å². The molecule has 1 aliphatic rings. The first-order valence-corrected chi connectivity index (χ1v) is 7.01. The lowest BCUT2D eigenvalue weighted by Gasteiger charge is -2.16. The fourth-order valence-electron chi connectivity index (χ4n) is 2.28. The number of rotatable bonds is 6. The maximum absolute atomic E-state index is 13.8. The molecular formula is C14H14ClF2NO2. The second-order valence-corrected chi connectivity index (χ2v) is 5.02. The van der Waals surface area contributed by atoms with Crippen LogP contribution < -0.4 is 4.90 Å². The van der Waals surface area contributed by atoms with Gasteiger partial charge >= 0.3 is 0 Å². The van der Waals surface area contributed by atoms with Gasteiger partial charge in [0, 0.05) is 12.4 Å². The summed E-state index contributed by atoms with van der Waals surface area (Å²) in [7, 11) is 0. The third-order valence-electron chi connectivity index (χ3n) is 3.28. The number of benzene rings is 1. The van der Waals surface area contributed by atoms with E-state index in [1.807, 2.05) is 0 Å². The Hall–Kier alpha value is -1.49. The van der Waals surface area contributed by atoms with Gasteiger partial charge in [0.2, 0.25) is 0 Å². The average Bonchev–Trinajstić information content (AvgIpc) is 2.68. The first kappa shape index (κ1) is 14.9. The zero-order valence-corrected chi connectivity index (χ0v) is 11.6. The highest BCUT2D eigenvalue weighted by molar-refractivity contribution is 6.52. The Kier molecular flexibility index (Phi) is 4.70. The third kappa shape index (κ3) is 2.68. The van der Waals surface area contributed by atoms with Gasteiger partial charge in [-0.15, -0.1) is 11.6 Å². The normalized spacial score (nSPS) is 14.1. The predicted octanol–water partition coefficient (Wildman–Crippen LogP) is 3.29. The summed E-state index contributed by atoms with van der Waals surface area (Å²) in [4.78, 5) is 24.5. The summed E-state index contributed by atoms with van der Waals surface area (Å²) in [5, 5.41) is 0. The Bertz CT molecular complexity index is 548. The lowest BCUT2D eigenvalue weighted by Crippen LogP contribution is -2.31. The minimum atomic E-state index is -0.974. The van der Waals surface area contributed by atoms with Gasteiger partial charge in [-0.2, -0.15) is 0 Å². The van der Waals surface area contributed by atoms with Crippen LogP contribution in [0.2, 0.25) is 0 Å². The summed E-state index contributed by atoms with van der Waals surface area (Å²) in [5.74, 6) is -2.87. The lowest BCUT2D eigenvalue weighted by atomic mass is 10.1. The first-order chi connectivity index (χ1) is 9.57. The Labute approximate surface area is 120 Å². The molecule has 3 nitrogen and oxygen atoms in total. The van der Waals surface area contributed by atoms with Crippen LogP contribution in [0.1, 0.15) is 36.0 Å². The Morgan fingerprint density at radius 2 is 1.65 bits per heavy atom. The lowest BCUT2D eigenvalue weighted by molar-refractivity contribution is -0.114. The van der Waals surface area contributed by atoms with Gasteiger partial charge in [0.05, 0.1) is 11.3 Å². The van der Waals surface area contributed by atoms with E-state index >= 15 is 0 Å². The van der Waals surface area contributed by atoms with Crippen LogP contribution in [0, 0.1) is 11.6 Å². The molecule has 0 aliphatic carbocycles. The van der Waals surface area contributed by atoms with E-state index in [0.29, 0.717) is 12.3 Å². The van der Waals surface area contributed by atoms with E-state index in [9.17, 15) is 18.4 Å². The van der Waals surface area contributed by atoms with E-state index < -0.39 is 28.9 Å². The molecule has 0 radical (unpaired) electrons. The second kappa shape index (κ2) is 6.31. The molecule has 0 N–H and O–H groups in total. The molecule has 1 aromatic rings. The SMILES string of the molecule is O=C1C(=O)N(CCCCCCCl)c2c(F)ccc(F)c21. The van der Waals surface area contributed by atoms with Crippen LogP contribution in [0.4, 0.5) is 14.5 Å². The Morgan fingerprint density at radius 3 is 2.35 bits per heavy atom. The topological polar surface area (TPSA) is 37.4 Å². The van der Waals surface area contributed by atoms with Crippen LogP contribution >= 0.6 is 11.6 Å². The molecule has 0 fully saturated rings. The number of alkyl halides is 1. The van der Waals surface area contributed by atoms with Crippen molar-refractivity contribution in [3.8, 4) is 0 Å². The molecule has 0 saturated heterocycles. The molecule has 0 saturated carbocycles. The number of carbonyl (C=O) groups excluding carboxylic acids is 2. The summed E-state index contributed by atoms with van der Waals surface area (Å²) in [6, 6.07) is 1.80. The Morgan fingerprint density at radius 1 is 1.00 bits per heavy atom. The molecule has 0 spiro atoms. The summed E-state index contributed by atoms with van der Waals surface area (Å²) in [6.07, 6.45) is 3.20. The number of fused-ring (bicyclic) bond motifs is 1. The van der Waals surface area contributed by atoms with Gasteiger partial charge in [-0.3, -0.25) is 9.59 Å². The summed E-state index contributed by atoms with van der Waals surface area (Å²) < 4.78 is 27.3. The van der Waals surface area contributed by atoms with Gasteiger partial charge in [0.25, 0.3) is 11.7 Å². The van der Waals surface area contributed by atoms with Crippen molar-refractivity contribution < 1.29 is 18.4 Å². The highest BCUT2D eigenvalue weighted by Gasteiger charge is 2.40. The second-order valence-electron chi connectivity index (χ2n) is 4.64. The number of ketones is 1. The molecule has 0 unspecified atom stereocenters. The standard InChI is InChI=1S/C14H14ClF2NO2/c15-7-3-1-2-4-8-18-12-10(17)6-5-9(16)11(12)13(19)14(18)20/h5-6H,1-4,7-8H2. The van der Waals surface area contributed by atoms with Gasteiger partial charge in [-0.1, -0.05) is 12.8 Å². The number of halogens is 3. The van der Waals surface area contributed by atoms with E-state index in [1.165, 1.54) is 0 Å². The highest BCUT2D eigenvalue weighted by Crippen LogP contribution is 2.33. The van der Waals surface area contributed by atoms with Gasteiger partial charge in [0.1, 0.15) is 11.6 Å². The number of hydrogen-bond acceptors (Lipinski definition) is 2. The van der Waals surface area contributed by atoms with Gasteiger partial charge < -0.3 is 4.90 Å². The zero-order chi connectivity index (χ0) is 14.7. The number of Topliss-reactive ketones (excluding diaryl/α,β-unsaturated/α-hetero) is 1. The molecule has 6 heteroatoms. The molecule has 0 aromatic heterocycles. The summed E-state index contributed by atoms with van der Waals surface area (Å²) in [5.41, 5.74) is -0.673. The van der Waals surface area contributed by atoms with Gasteiger partial charge in [-0.05, 0) is 25.0 Å². The summed E-state index contributed by atoms with van der Waals surface area (Å²) in [6.45, 7) is 0.209. The van der Waals surface area contributed by atoms with Crippen LogP contribution in [0.25, 0.3) is 0 Å². The van der Waals surface area contributed by atoms with Gasteiger partial charge in [0.15, 0.2) is 0 Å². The molecule has 1 aromatic carbocycles. The number of nitrogens with zero attached hydrogens (tertiary/aromatic N) is 1. The van der Waals surface area contributed by atoms with Crippen LogP contribution in [-0.4, -0.2) is 24.1 Å². The van der Waals surface area contributed by atoms with Crippen LogP contribution in [0.5, 0.6) is 0 Å². The quantitative estimate of drug-likeness (QED) is 0.459. The molecule has 2 rings (SSSR count). The minimum absolute atomic E-state index is 0.209. The van der Waals surface area contributed by atoms with Crippen molar-refractivity contribution in [2.45, 2.75) is 25.7 Å². The molecular weight excluding hydrogens is 288 g/mol. The maximum atomic E-state index is 13.8. The van der Waals surface area contributed by atoms with Crippen molar-refractivity contribution in [2.75, 3.05) is 17.3 Å². The average molecular weight is 302 g/mol. The van der Waals surface area contributed by atoms with E-state index in [2.05, 4.69) is 0 Å². The first-order valence-electron chi connectivity index (χ1n) is 6.48. The van der Waals surface area contributed by atoms with E-state index in [-0.39, 0.29) is 12.2 Å². The number of amides is 1. The molecule has 1 heterocycles. The van der Waals surface area contributed by atoms with Crippen molar-refractivity contribution in [3.63, 3.8) is 0 Å². The van der Waals surface area contributed by atoms with Gasteiger partial charge in [-0.25, -0.2) is 8.78 Å². The fraction of sp³-hybridized carbons (Fsp3) is 0.429. The smallest absolute Gasteiger partial charge is 0.299 e. The van der Waals surface area contributed by atoms with E-state index in [4.69, 9.17) is 11.6 Å². The zero-order valence-electron chi connectivity index (χ0n) is 10.8. The summed E-state index contributed by atoms with van der Waals surface area (Å²) >= 11 is 5.55. The molecule has 0 atom stereocenters. The van der Waals surface area contributed by atoms with Crippen LogP contribution in [0.3, 0.4) is 0 Å². The number of anilines is 1. The number of carbonyl (C=O) groups is 2. The molecule has 1 amide bonds. The molecule has 0 bridgehead atoms. The van der Waals surface area contributed by atoms with Crippen molar-refractivity contribution in [1.29, 1.82) is 0 Å². The largest absolute Gasteiger partial charge is 0.302 e. The monoisotopic (exact) mass is 301 g/mol. The number of unbranched alkanes of at least 4 members (excludes halogenated alkanes) is 3. The van der Waals surface area contributed by atoms with E-state index in [0.717, 1.165) is 36.3 Å². The predicted molar refractivity (Wildman–Crippen MR) is 72.2 cm³/mol. The molecule has 20 heavy (non-hydrogen) atoms. The van der Waals surface area contributed by atoms with Crippen LogP contribution in [0.15, 0.2) is 12.1 Å². The van der Waals surface area contributed by atoms with Crippen LogP contribution in [-0.2, 0) is 4.79 Å². The van der Waals surface area contributed by atoms with Crippen molar-refractivity contribution in [1.82, 2.24) is 0 Å². The van der Waals surface area contributed by atoms with Crippen molar-refractivity contribution >= 4 is 29.0 Å². The Balaban J connectivity index is 2.14. The molecule has 1 aliphatic heterocycles.